The van der Waals surface area contributed by atoms with E-state index in [-0.39, 0.29) is 19.2 Å². The van der Waals surface area contributed by atoms with Gasteiger partial charge in [-0.2, -0.15) is 0 Å². The van der Waals surface area contributed by atoms with E-state index in [0.29, 0.717) is 6.54 Å². The Morgan fingerprint density at radius 3 is 2.71 bits per heavy atom. The molecule has 0 bridgehead atoms. The zero-order valence-electron chi connectivity index (χ0n) is 8.21. The summed E-state index contributed by atoms with van der Waals surface area (Å²) < 4.78 is 4.64. The molecule has 0 heterocycles. The van der Waals surface area contributed by atoms with Crippen molar-refractivity contribution < 1.29 is 14.3 Å². The van der Waals surface area contributed by atoms with Crippen LogP contribution < -0.4 is 10.6 Å². The van der Waals surface area contributed by atoms with Crippen molar-refractivity contribution in [1.29, 1.82) is 0 Å². The van der Waals surface area contributed by atoms with Gasteiger partial charge in [0, 0.05) is 12.6 Å². The summed E-state index contributed by atoms with van der Waals surface area (Å²) in [5.74, 6) is -0.492. The van der Waals surface area contributed by atoms with Gasteiger partial charge in [-0.1, -0.05) is 13.5 Å². The van der Waals surface area contributed by atoms with Crippen molar-refractivity contribution in [3.8, 4) is 0 Å². The Kier molecular flexibility index (Phi) is 7.22. The normalized spacial score (nSPS) is 8.93. The van der Waals surface area contributed by atoms with Crippen molar-refractivity contribution >= 4 is 12.0 Å². The van der Waals surface area contributed by atoms with Crippen LogP contribution in [-0.4, -0.2) is 31.7 Å². The molecule has 0 aliphatic rings. The maximum Gasteiger partial charge on any atom is 0.330 e. The Morgan fingerprint density at radius 1 is 1.43 bits per heavy atom. The first kappa shape index (κ1) is 12.5. The van der Waals surface area contributed by atoms with Gasteiger partial charge in [0.15, 0.2) is 0 Å². The third kappa shape index (κ3) is 7.15. The Labute approximate surface area is 83.5 Å². The van der Waals surface area contributed by atoms with Crippen molar-refractivity contribution in [3.63, 3.8) is 0 Å². The second-order valence-corrected chi connectivity index (χ2v) is 2.42. The predicted molar refractivity (Wildman–Crippen MR) is 52.5 cm³/mol. The zero-order chi connectivity index (χ0) is 10.8. The number of esters is 1. The van der Waals surface area contributed by atoms with Gasteiger partial charge >= 0.3 is 12.0 Å². The van der Waals surface area contributed by atoms with E-state index in [1.165, 1.54) is 0 Å². The molecule has 0 rings (SSSR count). The number of hydrogen-bond acceptors (Lipinski definition) is 3. The smallest absolute Gasteiger partial charge is 0.330 e. The first-order valence-corrected chi connectivity index (χ1v) is 4.29. The highest BCUT2D eigenvalue weighted by Gasteiger charge is 1.98. The van der Waals surface area contributed by atoms with Crippen LogP contribution in [0, 0.1) is 6.42 Å². The maximum atomic E-state index is 10.9. The third-order valence-electron chi connectivity index (χ3n) is 1.27. The largest absolute Gasteiger partial charge is 0.461 e. The highest BCUT2D eigenvalue weighted by molar-refractivity contribution is 5.81. The summed E-state index contributed by atoms with van der Waals surface area (Å²) in [6, 6.07) is -0.280. The summed E-state index contributed by atoms with van der Waals surface area (Å²) in [4.78, 5) is 21.5. The molecule has 0 aromatic rings. The van der Waals surface area contributed by atoms with Crippen LogP contribution in [0.2, 0.25) is 0 Å². The number of carbonyl (C=O) groups excluding carboxylic acids is 2. The lowest BCUT2D eigenvalue weighted by Crippen LogP contribution is -2.37. The van der Waals surface area contributed by atoms with E-state index in [1.807, 2.05) is 13.3 Å². The molecule has 0 saturated carbocycles. The molecule has 79 valence electrons. The summed E-state index contributed by atoms with van der Waals surface area (Å²) in [6.45, 7) is 6.02. The molecule has 14 heavy (non-hydrogen) atoms. The van der Waals surface area contributed by atoms with E-state index in [9.17, 15) is 9.59 Å². The second-order valence-electron chi connectivity index (χ2n) is 2.42. The number of carbonyl (C=O) groups is 2. The number of rotatable bonds is 6. The van der Waals surface area contributed by atoms with Gasteiger partial charge in [-0.15, -0.1) is 0 Å². The lowest BCUT2D eigenvalue weighted by atomic mass is 10.5. The van der Waals surface area contributed by atoms with Crippen molar-refractivity contribution in [3.05, 3.63) is 19.1 Å². The number of amides is 2. The van der Waals surface area contributed by atoms with Gasteiger partial charge in [0.05, 0.1) is 6.54 Å². The average molecular weight is 199 g/mol. The monoisotopic (exact) mass is 199 g/mol. The highest BCUT2D eigenvalue weighted by atomic mass is 16.5. The van der Waals surface area contributed by atoms with E-state index in [2.05, 4.69) is 21.9 Å². The number of nitrogens with one attached hydrogen (secondary N) is 2. The summed E-state index contributed by atoms with van der Waals surface area (Å²) in [5, 5.41) is 5.08. The van der Waals surface area contributed by atoms with Gasteiger partial charge in [-0.25, -0.2) is 9.59 Å². The molecule has 0 aromatic heterocycles. The minimum atomic E-state index is -0.492. The minimum absolute atomic E-state index is 0.147. The molecular formula is C9H15N2O3. The standard InChI is InChI=1S/C9H15N2O3/c1-3-5-10-9(13)11-6-7-14-8(12)4-2/h3-4H,2,5-7H2,1H3,(H2,10,11,13). The van der Waals surface area contributed by atoms with Gasteiger partial charge < -0.3 is 15.4 Å². The van der Waals surface area contributed by atoms with Crippen LogP contribution in [0.1, 0.15) is 6.92 Å². The van der Waals surface area contributed by atoms with E-state index < -0.39 is 5.97 Å². The molecule has 2 N–H and O–H groups in total. The van der Waals surface area contributed by atoms with E-state index in [0.717, 1.165) is 6.08 Å². The molecule has 0 saturated heterocycles. The van der Waals surface area contributed by atoms with Crippen LogP contribution in [0.15, 0.2) is 12.7 Å². The molecule has 0 atom stereocenters. The summed E-state index contributed by atoms with van der Waals surface area (Å²) in [7, 11) is 0. The van der Waals surface area contributed by atoms with Crippen LogP contribution in [-0.2, 0) is 9.53 Å². The SMILES string of the molecule is C=CC(=O)OCCNC(=O)NC[CH]C. The average Bonchev–Trinajstić information content (AvgIpc) is 2.21. The van der Waals surface area contributed by atoms with Gasteiger partial charge in [0.1, 0.15) is 6.61 Å². The molecular weight excluding hydrogens is 184 g/mol. The van der Waals surface area contributed by atoms with E-state index in [4.69, 9.17) is 0 Å². The van der Waals surface area contributed by atoms with Crippen molar-refractivity contribution in [2.75, 3.05) is 19.7 Å². The number of ether oxygens (including phenoxy) is 1. The van der Waals surface area contributed by atoms with Crippen molar-refractivity contribution in [2.45, 2.75) is 6.92 Å². The van der Waals surface area contributed by atoms with Gasteiger partial charge in [0.25, 0.3) is 0 Å². The number of urea groups is 1. The summed E-state index contributed by atoms with van der Waals surface area (Å²) in [5.41, 5.74) is 0. The quantitative estimate of drug-likeness (QED) is 0.366. The highest BCUT2D eigenvalue weighted by Crippen LogP contribution is 1.77. The first-order valence-electron chi connectivity index (χ1n) is 4.29. The Bertz CT molecular complexity index is 204. The fourth-order valence-corrected chi connectivity index (χ4v) is 0.632. The maximum absolute atomic E-state index is 10.9. The molecule has 5 heteroatoms. The Hall–Kier alpha value is -1.52. The molecule has 2 amide bonds. The molecule has 0 aliphatic heterocycles. The van der Waals surface area contributed by atoms with Crippen molar-refractivity contribution in [1.82, 2.24) is 10.6 Å². The molecule has 0 aliphatic carbocycles. The van der Waals surface area contributed by atoms with Crippen LogP contribution in [0.3, 0.4) is 0 Å². The molecule has 1 radical (unpaired) electrons. The lowest BCUT2D eigenvalue weighted by Gasteiger charge is -2.06. The van der Waals surface area contributed by atoms with Crippen LogP contribution >= 0.6 is 0 Å². The molecule has 5 nitrogen and oxygen atoms in total. The fourth-order valence-electron chi connectivity index (χ4n) is 0.632. The lowest BCUT2D eigenvalue weighted by molar-refractivity contribution is -0.137. The van der Waals surface area contributed by atoms with Gasteiger partial charge in [-0.05, 0) is 6.42 Å². The summed E-state index contributed by atoms with van der Waals surface area (Å²) in [6.07, 6.45) is 2.89. The van der Waals surface area contributed by atoms with Crippen LogP contribution in [0.5, 0.6) is 0 Å². The minimum Gasteiger partial charge on any atom is -0.461 e. The first-order chi connectivity index (χ1) is 6.70. The Morgan fingerprint density at radius 2 is 2.14 bits per heavy atom. The number of hydrogen-bond donors (Lipinski definition) is 2. The molecule has 0 fully saturated rings. The van der Waals surface area contributed by atoms with Crippen LogP contribution in [0.25, 0.3) is 0 Å². The fraction of sp³-hybridized carbons (Fsp3) is 0.444. The van der Waals surface area contributed by atoms with Crippen LogP contribution in [0.4, 0.5) is 4.79 Å². The second kappa shape index (κ2) is 8.10. The Balaban J connectivity index is 3.31. The molecule has 0 unspecified atom stereocenters. The third-order valence-corrected chi connectivity index (χ3v) is 1.27. The van der Waals surface area contributed by atoms with Crippen molar-refractivity contribution in [2.24, 2.45) is 0 Å². The summed E-state index contributed by atoms with van der Waals surface area (Å²) >= 11 is 0. The van der Waals surface area contributed by atoms with Gasteiger partial charge in [0.2, 0.25) is 0 Å². The van der Waals surface area contributed by atoms with E-state index in [1.54, 1.807) is 0 Å². The topological polar surface area (TPSA) is 67.4 Å². The molecule has 0 spiro atoms. The zero-order valence-corrected chi connectivity index (χ0v) is 8.21. The van der Waals surface area contributed by atoms with E-state index >= 15 is 0 Å². The van der Waals surface area contributed by atoms with Gasteiger partial charge in [-0.3, -0.25) is 0 Å². The predicted octanol–water partition coefficient (Wildman–Crippen LogP) is 0.239. The molecule has 0 aromatic carbocycles.